The lowest BCUT2D eigenvalue weighted by atomic mass is 10.3. The first-order valence-corrected chi connectivity index (χ1v) is 5.61. The fraction of sp³-hybridized carbons (Fsp3) is 0.333. The zero-order chi connectivity index (χ0) is 13.5. The fourth-order valence-corrected chi connectivity index (χ4v) is 1.16. The molecule has 4 N–H and O–H groups in total. The third-order valence-electron chi connectivity index (χ3n) is 2.08. The maximum Gasteiger partial charge on any atom is 0.223 e. The summed E-state index contributed by atoms with van der Waals surface area (Å²) in [5.41, 5.74) is 12.0. The number of benzene rings is 1. The van der Waals surface area contributed by atoms with Crippen LogP contribution in [0.25, 0.3) is 0 Å². The lowest BCUT2D eigenvalue weighted by molar-refractivity contribution is 0.340. The first kappa shape index (κ1) is 13.8. The first-order chi connectivity index (χ1) is 8.52. The van der Waals surface area contributed by atoms with Gasteiger partial charge in [-0.15, -0.1) is 0 Å². The Balaban J connectivity index is 2.79. The topological polar surface area (TPSA) is 89.2 Å². The highest BCUT2D eigenvalue weighted by molar-refractivity contribution is 5.94. The number of nitrogens with zero attached hydrogens (tertiary/aromatic N) is 3. The van der Waals surface area contributed by atoms with Crippen molar-refractivity contribution in [2.75, 3.05) is 20.7 Å². The van der Waals surface area contributed by atoms with Gasteiger partial charge in [-0.3, -0.25) is 0 Å². The number of aliphatic imine (C=N–C) groups is 2. The number of guanidine groups is 2. The number of hydrogen-bond acceptors (Lipinski definition) is 2. The molecule has 6 heteroatoms. The molecule has 0 bridgehead atoms. The standard InChI is InChI=1S/C12H19N5O/c1-4-18-10-7-5-9(6-8-10)15-11(13)16-12(14)17(2)3/h5-8H,4H2,1-3H3,(H4,13,14,15,16). The van der Waals surface area contributed by atoms with Crippen molar-refractivity contribution in [1.29, 1.82) is 0 Å². The lowest BCUT2D eigenvalue weighted by Crippen LogP contribution is -2.32. The van der Waals surface area contributed by atoms with Crippen LogP contribution in [0.2, 0.25) is 0 Å². The maximum atomic E-state index is 5.67. The Morgan fingerprint density at radius 3 is 2.33 bits per heavy atom. The van der Waals surface area contributed by atoms with E-state index in [1.165, 1.54) is 0 Å². The van der Waals surface area contributed by atoms with Gasteiger partial charge in [-0.2, -0.15) is 4.99 Å². The second-order valence-corrected chi connectivity index (χ2v) is 3.76. The van der Waals surface area contributed by atoms with Crippen molar-refractivity contribution in [2.24, 2.45) is 21.5 Å². The van der Waals surface area contributed by atoms with Crippen molar-refractivity contribution in [3.63, 3.8) is 0 Å². The molecule has 0 aliphatic heterocycles. The zero-order valence-corrected chi connectivity index (χ0v) is 10.9. The summed E-state index contributed by atoms with van der Waals surface area (Å²) in [4.78, 5) is 9.73. The van der Waals surface area contributed by atoms with Crippen LogP contribution in [0.3, 0.4) is 0 Å². The van der Waals surface area contributed by atoms with E-state index in [-0.39, 0.29) is 5.96 Å². The van der Waals surface area contributed by atoms with Gasteiger partial charge < -0.3 is 21.1 Å². The number of ether oxygens (including phenoxy) is 1. The second kappa shape index (κ2) is 6.48. The Morgan fingerprint density at radius 1 is 1.22 bits per heavy atom. The van der Waals surface area contributed by atoms with Crippen LogP contribution in [-0.4, -0.2) is 37.5 Å². The molecule has 1 aromatic carbocycles. The van der Waals surface area contributed by atoms with Gasteiger partial charge in [0.1, 0.15) is 5.75 Å². The molecule has 6 nitrogen and oxygen atoms in total. The van der Waals surface area contributed by atoms with Gasteiger partial charge in [-0.25, -0.2) is 4.99 Å². The van der Waals surface area contributed by atoms with Crippen LogP contribution in [0.5, 0.6) is 5.75 Å². The van der Waals surface area contributed by atoms with Gasteiger partial charge in [-0.1, -0.05) is 0 Å². The molecule has 0 unspecified atom stereocenters. The monoisotopic (exact) mass is 249 g/mol. The summed E-state index contributed by atoms with van der Waals surface area (Å²) >= 11 is 0. The first-order valence-electron chi connectivity index (χ1n) is 5.61. The molecule has 18 heavy (non-hydrogen) atoms. The van der Waals surface area contributed by atoms with E-state index in [0.717, 1.165) is 5.75 Å². The Morgan fingerprint density at radius 2 is 1.83 bits per heavy atom. The molecule has 0 aliphatic rings. The Labute approximate surface area is 107 Å². The predicted molar refractivity (Wildman–Crippen MR) is 74.2 cm³/mol. The summed E-state index contributed by atoms with van der Waals surface area (Å²) in [6.07, 6.45) is 0. The van der Waals surface area contributed by atoms with Gasteiger partial charge in [0.15, 0.2) is 5.96 Å². The molecule has 0 aromatic heterocycles. The summed E-state index contributed by atoms with van der Waals surface area (Å²) in [6.45, 7) is 2.57. The molecule has 1 aromatic rings. The normalized spacial score (nSPS) is 12.4. The third kappa shape index (κ3) is 4.32. The van der Waals surface area contributed by atoms with Gasteiger partial charge >= 0.3 is 0 Å². The minimum Gasteiger partial charge on any atom is -0.494 e. The van der Waals surface area contributed by atoms with Crippen LogP contribution in [0, 0.1) is 0 Å². The molecule has 0 amide bonds. The molecular weight excluding hydrogens is 230 g/mol. The SMILES string of the molecule is CCOc1ccc(N=C(N)N=C(N)N(C)C)cc1. The zero-order valence-electron chi connectivity index (χ0n) is 10.9. The highest BCUT2D eigenvalue weighted by atomic mass is 16.5. The van der Waals surface area contributed by atoms with Gasteiger partial charge in [0.05, 0.1) is 12.3 Å². The molecule has 0 aliphatic carbocycles. The van der Waals surface area contributed by atoms with Crippen molar-refractivity contribution < 1.29 is 4.74 Å². The average Bonchev–Trinajstić information content (AvgIpc) is 2.31. The molecule has 0 atom stereocenters. The predicted octanol–water partition coefficient (Wildman–Crippen LogP) is 0.908. The average molecular weight is 249 g/mol. The van der Waals surface area contributed by atoms with E-state index in [1.807, 2.05) is 19.1 Å². The van der Waals surface area contributed by atoms with Crippen molar-refractivity contribution in [3.05, 3.63) is 24.3 Å². The van der Waals surface area contributed by atoms with Gasteiger partial charge in [0.25, 0.3) is 0 Å². The third-order valence-corrected chi connectivity index (χ3v) is 2.08. The molecular formula is C12H19N5O. The fourth-order valence-electron chi connectivity index (χ4n) is 1.16. The molecule has 0 saturated carbocycles. The number of hydrogen-bond donors (Lipinski definition) is 2. The van der Waals surface area contributed by atoms with Crippen molar-refractivity contribution in [2.45, 2.75) is 6.92 Å². The smallest absolute Gasteiger partial charge is 0.223 e. The summed E-state index contributed by atoms with van der Waals surface area (Å²) in [7, 11) is 3.56. The van der Waals surface area contributed by atoms with Crippen LogP contribution >= 0.6 is 0 Å². The minimum atomic E-state index is 0.116. The quantitative estimate of drug-likeness (QED) is 0.615. The highest BCUT2D eigenvalue weighted by Crippen LogP contribution is 2.17. The van der Waals surface area contributed by atoms with Crippen molar-refractivity contribution >= 4 is 17.6 Å². The minimum absolute atomic E-state index is 0.116. The van der Waals surface area contributed by atoms with Gasteiger partial charge in [-0.05, 0) is 31.2 Å². The molecule has 1 rings (SSSR count). The summed E-state index contributed by atoms with van der Waals surface area (Å²) < 4.78 is 5.33. The van der Waals surface area contributed by atoms with E-state index >= 15 is 0 Å². The van der Waals surface area contributed by atoms with Crippen LogP contribution in [0.4, 0.5) is 5.69 Å². The summed E-state index contributed by atoms with van der Waals surface area (Å²) in [5, 5.41) is 0. The van der Waals surface area contributed by atoms with E-state index < -0.39 is 0 Å². The van der Waals surface area contributed by atoms with E-state index in [4.69, 9.17) is 16.2 Å². The van der Waals surface area contributed by atoms with E-state index in [1.54, 1.807) is 31.1 Å². The van der Waals surface area contributed by atoms with E-state index in [2.05, 4.69) is 9.98 Å². The summed E-state index contributed by atoms with van der Waals surface area (Å²) in [5.74, 6) is 1.22. The van der Waals surface area contributed by atoms with Crippen LogP contribution in [0.15, 0.2) is 34.3 Å². The molecule has 0 heterocycles. The Bertz CT molecular complexity index is 436. The van der Waals surface area contributed by atoms with Gasteiger partial charge in [0, 0.05) is 14.1 Å². The van der Waals surface area contributed by atoms with Crippen molar-refractivity contribution in [1.82, 2.24) is 4.90 Å². The second-order valence-electron chi connectivity index (χ2n) is 3.76. The highest BCUT2D eigenvalue weighted by Gasteiger charge is 1.97. The van der Waals surface area contributed by atoms with E-state index in [9.17, 15) is 0 Å². The number of nitrogens with two attached hydrogens (primary N) is 2. The Hall–Kier alpha value is -2.24. The van der Waals surface area contributed by atoms with Crippen LogP contribution in [0.1, 0.15) is 6.92 Å². The Kier molecular flexibility index (Phi) is 4.98. The molecule has 98 valence electrons. The van der Waals surface area contributed by atoms with E-state index in [0.29, 0.717) is 18.3 Å². The van der Waals surface area contributed by atoms with Gasteiger partial charge in [0.2, 0.25) is 5.96 Å². The largest absolute Gasteiger partial charge is 0.494 e. The van der Waals surface area contributed by atoms with Crippen LogP contribution < -0.4 is 16.2 Å². The molecule has 0 spiro atoms. The number of rotatable bonds is 3. The maximum absolute atomic E-state index is 5.67. The van der Waals surface area contributed by atoms with Crippen LogP contribution in [-0.2, 0) is 0 Å². The summed E-state index contributed by atoms with van der Waals surface area (Å²) in [6, 6.07) is 7.27. The lowest BCUT2D eigenvalue weighted by Gasteiger charge is -2.09. The van der Waals surface area contributed by atoms with Crippen molar-refractivity contribution in [3.8, 4) is 5.75 Å². The molecule has 0 saturated heterocycles. The molecule has 0 radical (unpaired) electrons. The molecule has 0 fully saturated rings.